The molecule has 0 bridgehead atoms. The first-order chi connectivity index (χ1) is 10.5. The van der Waals surface area contributed by atoms with Gasteiger partial charge in [0.05, 0.1) is 32.0 Å². The van der Waals surface area contributed by atoms with Crippen molar-refractivity contribution in [3.8, 4) is 0 Å². The van der Waals surface area contributed by atoms with Crippen molar-refractivity contribution in [3.63, 3.8) is 0 Å². The van der Waals surface area contributed by atoms with Crippen LogP contribution in [0.1, 0.15) is 20.3 Å². The summed E-state index contributed by atoms with van der Waals surface area (Å²) < 4.78 is 15.8. The third kappa shape index (κ3) is 5.79. The van der Waals surface area contributed by atoms with Crippen molar-refractivity contribution in [1.29, 1.82) is 0 Å². The Hall–Kier alpha value is -0.770. The van der Waals surface area contributed by atoms with Gasteiger partial charge >= 0.3 is 0 Å². The minimum atomic E-state index is -1.19. The molecular weight excluding hydrogens is 294 g/mol. The minimum absolute atomic E-state index is 0.0592. The highest BCUT2D eigenvalue weighted by Gasteiger charge is 2.42. The zero-order valence-electron chi connectivity index (χ0n) is 13.1. The molecular formula is C14H27NO7. The number of nitrogens with one attached hydrogen (secondary N) is 1. The summed E-state index contributed by atoms with van der Waals surface area (Å²) in [5.74, 6) is -0.584. The van der Waals surface area contributed by atoms with E-state index in [9.17, 15) is 20.1 Å². The molecule has 5 atom stereocenters. The van der Waals surface area contributed by atoms with Crippen LogP contribution in [0.25, 0.3) is 0 Å². The lowest BCUT2D eigenvalue weighted by molar-refractivity contribution is -0.289. The molecule has 0 aromatic rings. The van der Waals surface area contributed by atoms with Gasteiger partial charge in [0.1, 0.15) is 12.7 Å². The smallest absolute Gasteiger partial charge is 0.245 e. The zero-order valence-corrected chi connectivity index (χ0v) is 13.1. The summed E-state index contributed by atoms with van der Waals surface area (Å²) in [7, 11) is 0. The molecule has 22 heavy (non-hydrogen) atoms. The maximum absolute atomic E-state index is 11.3. The number of ether oxygens (including phenoxy) is 3. The molecule has 8 heteroatoms. The van der Waals surface area contributed by atoms with E-state index < -0.39 is 30.5 Å². The first-order valence-corrected chi connectivity index (χ1v) is 7.59. The molecule has 4 N–H and O–H groups in total. The van der Waals surface area contributed by atoms with Crippen LogP contribution < -0.4 is 5.32 Å². The van der Waals surface area contributed by atoms with Gasteiger partial charge in [-0.25, -0.2) is 0 Å². The second-order valence-corrected chi connectivity index (χ2v) is 5.34. The molecule has 1 heterocycles. The van der Waals surface area contributed by atoms with E-state index in [1.807, 2.05) is 6.92 Å². The number of hydrogen-bond acceptors (Lipinski definition) is 7. The highest BCUT2D eigenvalue weighted by Crippen LogP contribution is 2.26. The van der Waals surface area contributed by atoms with Gasteiger partial charge in [-0.2, -0.15) is 0 Å². The Labute approximate surface area is 130 Å². The molecule has 1 saturated heterocycles. The van der Waals surface area contributed by atoms with Gasteiger partial charge in [0.15, 0.2) is 6.29 Å². The van der Waals surface area contributed by atoms with E-state index in [0.29, 0.717) is 6.54 Å². The standard InChI is InChI=1S/C14H27NO7/c1-3-4-15-11(17)8-20-5-6-21-14-13(19)12(18)9(2)10(7-16)22-14/h9-10,12-14,16,18-19H,3-8H2,1-2H3,(H,15,17)/t9-,10?,12+,13?,14-/m1/s1. The van der Waals surface area contributed by atoms with E-state index in [0.717, 1.165) is 6.42 Å². The van der Waals surface area contributed by atoms with Crippen molar-refractivity contribution in [2.75, 3.05) is 33.0 Å². The quantitative estimate of drug-likeness (QED) is 0.387. The van der Waals surface area contributed by atoms with Crippen molar-refractivity contribution in [2.24, 2.45) is 5.92 Å². The van der Waals surface area contributed by atoms with Crippen LogP contribution in [-0.4, -0.2) is 78.8 Å². The molecule has 0 aliphatic carbocycles. The number of aliphatic hydroxyl groups is 3. The van der Waals surface area contributed by atoms with Crippen LogP contribution in [0.15, 0.2) is 0 Å². The van der Waals surface area contributed by atoms with Gasteiger partial charge in [0.25, 0.3) is 0 Å². The summed E-state index contributed by atoms with van der Waals surface area (Å²) in [5, 5.41) is 31.6. The molecule has 0 spiro atoms. The first-order valence-electron chi connectivity index (χ1n) is 7.59. The van der Waals surface area contributed by atoms with Crippen molar-refractivity contribution in [1.82, 2.24) is 5.32 Å². The molecule has 0 aromatic carbocycles. The molecule has 1 fully saturated rings. The van der Waals surface area contributed by atoms with Gasteiger partial charge in [-0.1, -0.05) is 13.8 Å². The van der Waals surface area contributed by atoms with Crippen LogP contribution >= 0.6 is 0 Å². The lowest BCUT2D eigenvalue weighted by Gasteiger charge is -2.40. The van der Waals surface area contributed by atoms with E-state index >= 15 is 0 Å². The molecule has 2 unspecified atom stereocenters. The van der Waals surface area contributed by atoms with Crippen LogP contribution in [-0.2, 0) is 19.0 Å². The van der Waals surface area contributed by atoms with E-state index in [-0.39, 0.29) is 32.3 Å². The maximum Gasteiger partial charge on any atom is 0.245 e. The summed E-state index contributed by atoms with van der Waals surface area (Å²) in [6.45, 7) is 4.18. The molecule has 8 nitrogen and oxygen atoms in total. The van der Waals surface area contributed by atoms with Crippen LogP contribution in [0.3, 0.4) is 0 Å². The molecule has 1 rings (SSSR count). The van der Waals surface area contributed by atoms with Gasteiger partial charge in [-0.15, -0.1) is 0 Å². The summed E-state index contributed by atoms with van der Waals surface area (Å²) >= 11 is 0. The Kier molecular flexibility index (Phi) is 8.84. The predicted molar refractivity (Wildman–Crippen MR) is 77.0 cm³/mol. The van der Waals surface area contributed by atoms with Crippen LogP contribution in [0.4, 0.5) is 0 Å². The summed E-state index contributed by atoms with van der Waals surface area (Å²) in [4.78, 5) is 11.3. The Bertz CT molecular complexity index is 326. The molecule has 0 aromatic heterocycles. The van der Waals surface area contributed by atoms with Gasteiger partial charge < -0.3 is 34.8 Å². The summed E-state index contributed by atoms with van der Waals surface area (Å²) in [6, 6.07) is 0. The normalized spacial score (nSPS) is 32.0. The number of carbonyl (C=O) groups is 1. The largest absolute Gasteiger partial charge is 0.394 e. The maximum atomic E-state index is 11.3. The highest BCUT2D eigenvalue weighted by molar-refractivity contribution is 5.77. The molecule has 1 aliphatic rings. The fourth-order valence-corrected chi connectivity index (χ4v) is 2.12. The second-order valence-electron chi connectivity index (χ2n) is 5.34. The average Bonchev–Trinajstić information content (AvgIpc) is 2.52. The summed E-state index contributed by atoms with van der Waals surface area (Å²) in [6.07, 6.45) is -2.98. The molecule has 0 radical (unpaired) electrons. The molecule has 1 aliphatic heterocycles. The zero-order chi connectivity index (χ0) is 16.5. The van der Waals surface area contributed by atoms with Gasteiger partial charge in [-0.3, -0.25) is 4.79 Å². The van der Waals surface area contributed by atoms with Crippen LogP contribution in [0.5, 0.6) is 0 Å². The minimum Gasteiger partial charge on any atom is -0.394 e. The second kappa shape index (κ2) is 10.1. The monoisotopic (exact) mass is 321 g/mol. The number of hydrogen-bond donors (Lipinski definition) is 4. The molecule has 0 saturated carbocycles. The lowest BCUT2D eigenvalue weighted by atomic mass is 9.91. The number of aliphatic hydroxyl groups excluding tert-OH is 3. The fraction of sp³-hybridized carbons (Fsp3) is 0.929. The summed E-state index contributed by atoms with van der Waals surface area (Å²) in [5.41, 5.74) is 0. The predicted octanol–water partition coefficient (Wildman–Crippen LogP) is -1.38. The number of amides is 1. The van der Waals surface area contributed by atoms with Gasteiger partial charge in [0, 0.05) is 12.5 Å². The van der Waals surface area contributed by atoms with Crippen molar-refractivity contribution in [3.05, 3.63) is 0 Å². The first kappa shape index (κ1) is 19.3. The third-order valence-corrected chi connectivity index (χ3v) is 3.56. The van der Waals surface area contributed by atoms with E-state index in [2.05, 4.69) is 5.32 Å². The molecule has 1 amide bonds. The number of carbonyl (C=O) groups excluding carboxylic acids is 1. The third-order valence-electron chi connectivity index (χ3n) is 3.56. The van der Waals surface area contributed by atoms with Crippen molar-refractivity contribution in [2.45, 2.75) is 44.9 Å². The Balaban J connectivity index is 2.22. The fourth-order valence-electron chi connectivity index (χ4n) is 2.12. The number of rotatable bonds is 9. The van der Waals surface area contributed by atoms with E-state index in [4.69, 9.17) is 14.2 Å². The van der Waals surface area contributed by atoms with E-state index in [1.165, 1.54) is 0 Å². The van der Waals surface area contributed by atoms with Crippen molar-refractivity contribution >= 4 is 5.91 Å². The van der Waals surface area contributed by atoms with Crippen LogP contribution in [0.2, 0.25) is 0 Å². The Morgan fingerprint density at radius 3 is 2.64 bits per heavy atom. The van der Waals surface area contributed by atoms with Gasteiger partial charge in [-0.05, 0) is 6.42 Å². The van der Waals surface area contributed by atoms with Crippen molar-refractivity contribution < 1.29 is 34.3 Å². The SMILES string of the molecule is CCCNC(=O)COCCO[C@@H]1OC(CO)[C@@H](C)[C@H](O)C1O. The Morgan fingerprint density at radius 2 is 2.00 bits per heavy atom. The molecule has 130 valence electrons. The average molecular weight is 321 g/mol. The van der Waals surface area contributed by atoms with Gasteiger partial charge in [0.2, 0.25) is 5.91 Å². The van der Waals surface area contributed by atoms with E-state index in [1.54, 1.807) is 6.92 Å². The topological polar surface area (TPSA) is 117 Å². The lowest BCUT2D eigenvalue weighted by Crippen LogP contribution is -2.55. The Morgan fingerprint density at radius 1 is 1.27 bits per heavy atom. The van der Waals surface area contributed by atoms with Crippen LogP contribution in [0, 0.1) is 5.92 Å². The highest BCUT2D eigenvalue weighted by atomic mass is 16.7.